The van der Waals surface area contributed by atoms with Crippen molar-refractivity contribution in [2.45, 2.75) is 27.2 Å². The Balaban J connectivity index is -0.000000605. The van der Waals surface area contributed by atoms with Gasteiger partial charge in [-0.05, 0) is 20.3 Å². The van der Waals surface area contributed by atoms with Crippen LogP contribution in [-0.4, -0.2) is 22.2 Å². The first kappa shape index (κ1) is 18.6. The summed E-state index contributed by atoms with van der Waals surface area (Å²) in [4.78, 5) is 21.0. The highest BCUT2D eigenvalue weighted by Crippen LogP contribution is 2.25. The number of carbonyl (C=O) groups is 2. The lowest BCUT2D eigenvalue weighted by Crippen LogP contribution is -2.28. The number of rotatable bonds is 4. The zero-order valence-electron chi connectivity index (χ0n) is 8.91. The van der Waals surface area contributed by atoms with Gasteiger partial charge in [0.2, 0.25) is 0 Å². The second kappa shape index (κ2) is 6.33. The number of hydrogen-bond acceptors (Lipinski definition) is 4. The molecule has 0 heterocycles. The SMILES string of the molecule is CC(CC(C)(C)C(=O)O)C(=O)O.N.N. The summed E-state index contributed by atoms with van der Waals surface area (Å²) in [5, 5.41) is 17.2. The fourth-order valence-corrected chi connectivity index (χ4v) is 0.940. The van der Waals surface area contributed by atoms with Crippen LogP contribution in [0.25, 0.3) is 0 Å². The Hall–Kier alpha value is -1.14. The molecule has 0 rings (SSSR count). The lowest BCUT2D eigenvalue weighted by atomic mass is 9.83. The highest BCUT2D eigenvalue weighted by Gasteiger charge is 2.31. The number of carboxylic acids is 2. The van der Waals surface area contributed by atoms with Gasteiger partial charge in [0, 0.05) is 0 Å². The van der Waals surface area contributed by atoms with Crippen molar-refractivity contribution in [3.8, 4) is 0 Å². The minimum absolute atomic E-state index is 0. The Morgan fingerprint density at radius 3 is 1.79 bits per heavy atom. The molecule has 86 valence electrons. The van der Waals surface area contributed by atoms with Crippen LogP contribution in [0.15, 0.2) is 0 Å². The maximum atomic E-state index is 10.6. The van der Waals surface area contributed by atoms with Gasteiger partial charge in [-0.2, -0.15) is 0 Å². The summed E-state index contributed by atoms with van der Waals surface area (Å²) in [5.41, 5.74) is -0.961. The monoisotopic (exact) mass is 208 g/mol. The average Bonchev–Trinajstić information content (AvgIpc) is 1.85. The number of hydrogen-bond donors (Lipinski definition) is 4. The Labute approximate surface area is 83.5 Å². The number of aliphatic carboxylic acids is 2. The first-order chi connectivity index (χ1) is 5.27. The van der Waals surface area contributed by atoms with E-state index in [1.54, 1.807) is 0 Å². The van der Waals surface area contributed by atoms with Gasteiger partial charge < -0.3 is 22.5 Å². The van der Waals surface area contributed by atoms with Gasteiger partial charge in [0.1, 0.15) is 0 Å². The Bertz CT molecular complexity index is 204. The molecule has 0 aliphatic carbocycles. The molecular formula is C8H20N2O4. The molecule has 1 unspecified atom stereocenters. The largest absolute Gasteiger partial charge is 0.481 e. The maximum absolute atomic E-state index is 10.6. The van der Waals surface area contributed by atoms with Gasteiger partial charge in [0.05, 0.1) is 11.3 Å². The molecule has 6 nitrogen and oxygen atoms in total. The van der Waals surface area contributed by atoms with E-state index in [0.717, 1.165) is 0 Å². The Morgan fingerprint density at radius 1 is 1.21 bits per heavy atom. The average molecular weight is 208 g/mol. The summed E-state index contributed by atoms with van der Waals surface area (Å²) in [6.45, 7) is 4.55. The van der Waals surface area contributed by atoms with E-state index in [1.165, 1.54) is 20.8 Å². The van der Waals surface area contributed by atoms with Crippen LogP contribution in [0.5, 0.6) is 0 Å². The molecule has 8 N–H and O–H groups in total. The Morgan fingerprint density at radius 2 is 1.57 bits per heavy atom. The highest BCUT2D eigenvalue weighted by molar-refractivity contribution is 5.75. The van der Waals surface area contributed by atoms with E-state index in [0.29, 0.717) is 0 Å². The van der Waals surface area contributed by atoms with Crippen molar-refractivity contribution < 1.29 is 19.8 Å². The highest BCUT2D eigenvalue weighted by atomic mass is 16.4. The zero-order valence-corrected chi connectivity index (χ0v) is 8.91. The van der Waals surface area contributed by atoms with Crippen molar-refractivity contribution in [1.29, 1.82) is 0 Å². The van der Waals surface area contributed by atoms with Gasteiger partial charge in [0.15, 0.2) is 0 Å². The first-order valence-corrected chi connectivity index (χ1v) is 3.73. The molecular weight excluding hydrogens is 188 g/mol. The molecule has 0 aliphatic rings. The minimum atomic E-state index is -0.962. The molecule has 0 fully saturated rings. The molecule has 14 heavy (non-hydrogen) atoms. The maximum Gasteiger partial charge on any atom is 0.309 e. The Kier molecular flexibility index (Phi) is 8.42. The van der Waals surface area contributed by atoms with Crippen molar-refractivity contribution in [2.75, 3.05) is 0 Å². The van der Waals surface area contributed by atoms with Crippen molar-refractivity contribution in [3.63, 3.8) is 0 Å². The zero-order chi connectivity index (χ0) is 9.94. The van der Waals surface area contributed by atoms with Gasteiger partial charge in [-0.15, -0.1) is 0 Å². The van der Waals surface area contributed by atoms with E-state index < -0.39 is 23.3 Å². The van der Waals surface area contributed by atoms with Crippen LogP contribution >= 0.6 is 0 Å². The van der Waals surface area contributed by atoms with E-state index in [1.807, 2.05) is 0 Å². The normalized spacial score (nSPS) is 11.9. The summed E-state index contributed by atoms with van der Waals surface area (Å²) < 4.78 is 0. The third kappa shape index (κ3) is 5.50. The minimum Gasteiger partial charge on any atom is -0.481 e. The van der Waals surface area contributed by atoms with E-state index in [2.05, 4.69) is 0 Å². The molecule has 0 aliphatic heterocycles. The molecule has 0 bridgehead atoms. The summed E-state index contributed by atoms with van der Waals surface area (Å²) in [6, 6.07) is 0. The molecule has 6 heteroatoms. The molecule has 1 atom stereocenters. The third-order valence-corrected chi connectivity index (χ3v) is 1.82. The molecule has 0 amide bonds. The smallest absolute Gasteiger partial charge is 0.309 e. The van der Waals surface area contributed by atoms with Crippen LogP contribution in [0.3, 0.4) is 0 Å². The molecule has 0 spiro atoms. The second-order valence-corrected chi connectivity index (χ2v) is 3.63. The van der Waals surface area contributed by atoms with Crippen LogP contribution < -0.4 is 12.3 Å². The third-order valence-electron chi connectivity index (χ3n) is 1.82. The van der Waals surface area contributed by atoms with Crippen LogP contribution in [0.1, 0.15) is 27.2 Å². The van der Waals surface area contributed by atoms with Gasteiger partial charge >= 0.3 is 11.9 Å². The fraction of sp³-hybridized carbons (Fsp3) is 0.750. The second-order valence-electron chi connectivity index (χ2n) is 3.63. The quantitative estimate of drug-likeness (QED) is 0.551. The lowest BCUT2D eigenvalue weighted by molar-refractivity contribution is -0.150. The van der Waals surface area contributed by atoms with Crippen molar-refractivity contribution in [3.05, 3.63) is 0 Å². The van der Waals surface area contributed by atoms with Crippen LogP contribution in [0.4, 0.5) is 0 Å². The molecule has 0 saturated carbocycles. The standard InChI is InChI=1S/C8H14O4.2H3N/c1-5(6(9)10)4-8(2,3)7(11)12;;/h5H,4H2,1-3H3,(H,9,10)(H,11,12);2*1H3. The summed E-state index contributed by atoms with van der Waals surface area (Å²) in [5.74, 6) is -2.53. The summed E-state index contributed by atoms with van der Waals surface area (Å²) >= 11 is 0. The molecule has 0 aromatic heterocycles. The van der Waals surface area contributed by atoms with E-state index >= 15 is 0 Å². The van der Waals surface area contributed by atoms with Crippen LogP contribution in [0.2, 0.25) is 0 Å². The van der Waals surface area contributed by atoms with Gasteiger partial charge in [-0.1, -0.05) is 6.92 Å². The molecule has 0 radical (unpaired) electrons. The van der Waals surface area contributed by atoms with Crippen molar-refractivity contribution in [1.82, 2.24) is 12.3 Å². The number of carboxylic acid groups (broad SMARTS) is 2. The van der Waals surface area contributed by atoms with Gasteiger partial charge in [-0.25, -0.2) is 0 Å². The predicted molar refractivity (Wildman–Crippen MR) is 52.9 cm³/mol. The molecule has 0 aromatic rings. The van der Waals surface area contributed by atoms with Crippen LogP contribution in [-0.2, 0) is 9.59 Å². The molecule has 0 aromatic carbocycles. The van der Waals surface area contributed by atoms with E-state index in [-0.39, 0.29) is 18.7 Å². The van der Waals surface area contributed by atoms with Crippen LogP contribution in [0, 0.1) is 11.3 Å². The lowest BCUT2D eigenvalue weighted by Gasteiger charge is -2.20. The van der Waals surface area contributed by atoms with Gasteiger partial charge in [-0.3, -0.25) is 9.59 Å². The van der Waals surface area contributed by atoms with Crippen molar-refractivity contribution >= 4 is 11.9 Å². The van der Waals surface area contributed by atoms with Crippen molar-refractivity contribution in [2.24, 2.45) is 11.3 Å². The summed E-state index contributed by atoms with van der Waals surface area (Å²) in [6.07, 6.45) is 0.150. The van der Waals surface area contributed by atoms with E-state index in [9.17, 15) is 9.59 Å². The summed E-state index contributed by atoms with van der Waals surface area (Å²) in [7, 11) is 0. The molecule has 0 saturated heterocycles. The topological polar surface area (TPSA) is 145 Å². The van der Waals surface area contributed by atoms with E-state index in [4.69, 9.17) is 10.2 Å². The predicted octanol–water partition coefficient (Wildman–Crippen LogP) is 1.53. The van der Waals surface area contributed by atoms with Gasteiger partial charge in [0.25, 0.3) is 0 Å². The first-order valence-electron chi connectivity index (χ1n) is 3.73. The fourth-order valence-electron chi connectivity index (χ4n) is 0.940.